The summed E-state index contributed by atoms with van der Waals surface area (Å²) in [6.07, 6.45) is 2.09. The van der Waals surface area contributed by atoms with E-state index in [2.05, 4.69) is 0 Å². The third kappa shape index (κ3) is 5.63. The second kappa shape index (κ2) is 9.26. The van der Waals surface area contributed by atoms with Crippen LogP contribution in [0.5, 0.6) is 5.75 Å². The monoisotopic (exact) mass is 393 g/mol. The highest BCUT2D eigenvalue weighted by molar-refractivity contribution is 6.30. The lowest BCUT2D eigenvalue weighted by molar-refractivity contribution is -0.135. The molecule has 1 aliphatic rings. The highest BCUT2D eigenvalue weighted by Gasteiger charge is 2.23. The molecule has 0 radical (unpaired) electrons. The molecule has 2 aromatic carbocycles. The maximum Gasteiger partial charge on any atom is 0.260 e. The lowest BCUT2D eigenvalue weighted by atomic mass is 10.2. The van der Waals surface area contributed by atoms with Crippen molar-refractivity contribution in [2.75, 3.05) is 19.8 Å². The van der Waals surface area contributed by atoms with Gasteiger partial charge in [-0.15, -0.1) is 0 Å². The molecule has 1 atom stereocenters. The van der Waals surface area contributed by atoms with Gasteiger partial charge in [-0.3, -0.25) is 4.79 Å². The van der Waals surface area contributed by atoms with E-state index in [0.29, 0.717) is 28.9 Å². The number of nitrogens with zero attached hydrogens (tertiary/aromatic N) is 1. The molecule has 1 fully saturated rings. The van der Waals surface area contributed by atoms with Crippen LogP contribution in [0.3, 0.4) is 0 Å². The number of ether oxygens (including phenoxy) is 2. The minimum atomic E-state index is -0.0876. The summed E-state index contributed by atoms with van der Waals surface area (Å²) < 4.78 is 11.3. The van der Waals surface area contributed by atoms with Gasteiger partial charge in [-0.2, -0.15) is 0 Å². The Labute approximate surface area is 163 Å². The number of rotatable bonds is 7. The van der Waals surface area contributed by atoms with Crippen molar-refractivity contribution >= 4 is 29.1 Å². The van der Waals surface area contributed by atoms with Crippen molar-refractivity contribution in [1.29, 1.82) is 0 Å². The summed E-state index contributed by atoms with van der Waals surface area (Å²) in [5, 5.41) is 1.25. The highest BCUT2D eigenvalue weighted by Crippen LogP contribution is 2.19. The number of amides is 1. The number of carbonyl (C=O) groups excluding carboxylic acids is 1. The first-order valence-electron chi connectivity index (χ1n) is 8.62. The van der Waals surface area contributed by atoms with Gasteiger partial charge in [0, 0.05) is 29.7 Å². The zero-order valence-corrected chi connectivity index (χ0v) is 15.9. The molecular formula is C20H21Cl2NO3. The van der Waals surface area contributed by atoms with Crippen molar-refractivity contribution < 1.29 is 14.3 Å². The van der Waals surface area contributed by atoms with Crippen molar-refractivity contribution in [1.82, 2.24) is 4.90 Å². The van der Waals surface area contributed by atoms with E-state index < -0.39 is 0 Å². The van der Waals surface area contributed by atoms with Crippen LogP contribution in [0.2, 0.25) is 10.0 Å². The van der Waals surface area contributed by atoms with Crippen LogP contribution in [0, 0.1) is 0 Å². The topological polar surface area (TPSA) is 38.8 Å². The van der Waals surface area contributed by atoms with Gasteiger partial charge in [0.05, 0.1) is 6.10 Å². The van der Waals surface area contributed by atoms with E-state index in [1.165, 1.54) is 0 Å². The Balaban J connectivity index is 1.64. The average Bonchev–Trinajstić information content (AvgIpc) is 3.14. The van der Waals surface area contributed by atoms with Crippen LogP contribution in [0.1, 0.15) is 18.4 Å². The Kier molecular flexibility index (Phi) is 6.78. The smallest absolute Gasteiger partial charge is 0.260 e. The van der Waals surface area contributed by atoms with Gasteiger partial charge in [-0.25, -0.2) is 0 Å². The number of hydrogen-bond donors (Lipinski definition) is 0. The Bertz CT molecular complexity index is 730. The predicted molar refractivity (Wildman–Crippen MR) is 103 cm³/mol. The second-order valence-corrected chi connectivity index (χ2v) is 7.15. The van der Waals surface area contributed by atoms with E-state index in [9.17, 15) is 4.79 Å². The molecule has 0 bridgehead atoms. The number of hydrogen-bond acceptors (Lipinski definition) is 3. The van der Waals surface area contributed by atoms with Crippen molar-refractivity contribution in [3.8, 4) is 5.75 Å². The summed E-state index contributed by atoms with van der Waals surface area (Å²) in [6, 6.07) is 14.5. The van der Waals surface area contributed by atoms with Gasteiger partial charge in [0.25, 0.3) is 5.91 Å². The lowest BCUT2D eigenvalue weighted by Crippen LogP contribution is -2.39. The molecule has 0 aromatic heterocycles. The molecule has 4 nitrogen and oxygen atoms in total. The Morgan fingerprint density at radius 3 is 2.65 bits per heavy atom. The Morgan fingerprint density at radius 2 is 1.96 bits per heavy atom. The SMILES string of the molecule is O=C(COc1cccc(Cl)c1)N(Cc1ccc(Cl)cc1)C[C@H]1CCCO1. The fourth-order valence-electron chi connectivity index (χ4n) is 2.89. The molecule has 0 saturated carbocycles. The van der Waals surface area contributed by atoms with Crippen LogP contribution < -0.4 is 4.74 Å². The van der Waals surface area contributed by atoms with Gasteiger partial charge >= 0.3 is 0 Å². The predicted octanol–water partition coefficient (Wildman–Crippen LogP) is 4.58. The van der Waals surface area contributed by atoms with Crippen LogP contribution in [0.4, 0.5) is 0 Å². The van der Waals surface area contributed by atoms with Crippen molar-refractivity contribution in [3.63, 3.8) is 0 Å². The first-order chi connectivity index (χ1) is 12.6. The van der Waals surface area contributed by atoms with Crippen LogP contribution >= 0.6 is 23.2 Å². The van der Waals surface area contributed by atoms with Gasteiger partial charge in [0.15, 0.2) is 6.61 Å². The fourth-order valence-corrected chi connectivity index (χ4v) is 3.20. The van der Waals surface area contributed by atoms with E-state index in [1.807, 2.05) is 24.3 Å². The third-order valence-electron chi connectivity index (χ3n) is 4.25. The summed E-state index contributed by atoms with van der Waals surface area (Å²) in [4.78, 5) is 14.5. The molecule has 1 heterocycles. The van der Waals surface area contributed by atoms with E-state index >= 15 is 0 Å². The molecule has 0 unspecified atom stereocenters. The van der Waals surface area contributed by atoms with E-state index in [0.717, 1.165) is 25.0 Å². The fraction of sp³-hybridized carbons (Fsp3) is 0.350. The van der Waals surface area contributed by atoms with Crippen LogP contribution in [-0.2, 0) is 16.1 Å². The van der Waals surface area contributed by atoms with Crippen molar-refractivity contribution in [2.45, 2.75) is 25.5 Å². The number of benzene rings is 2. The van der Waals surface area contributed by atoms with Crippen LogP contribution in [-0.4, -0.2) is 36.7 Å². The molecule has 0 N–H and O–H groups in total. The van der Waals surface area contributed by atoms with E-state index in [-0.39, 0.29) is 18.6 Å². The van der Waals surface area contributed by atoms with Crippen molar-refractivity contribution in [3.05, 3.63) is 64.1 Å². The molecule has 6 heteroatoms. The lowest BCUT2D eigenvalue weighted by Gasteiger charge is -2.25. The molecule has 138 valence electrons. The van der Waals surface area contributed by atoms with Gasteiger partial charge in [0.2, 0.25) is 0 Å². The summed E-state index contributed by atoms with van der Waals surface area (Å²) in [7, 11) is 0. The number of halogens is 2. The molecule has 1 amide bonds. The summed E-state index contributed by atoms with van der Waals surface area (Å²) >= 11 is 11.9. The largest absolute Gasteiger partial charge is 0.484 e. The normalized spacial score (nSPS) is 16.5. The Morgan fingerprint density at radius 1 is 1.15 bits per heavy atom. The van der Waals surface area contributed by atoms with E-state index in [1.54, 1.807) is 29.2 Å². The zero-order valence-electron chi connectivity index (χ0n) is 14.4. The molecule has 3 rings (SSSR count). The van der Waals surface area contributed by atoms with Gasteiger partial charge < -0.3 is 14.4 Å². The minimum Gasteiger partial charge on any atom is -0.484 e. The second-order valence-electron chi connectivity index (χ2n) is 6.28. The first-order valence-corrected chi connectivity index (χ1v) is 9.38. The summed E-state index contributed by atoms with van der Waals surface area (Å²) in [6.45, 7) is 1.77. The third-order valence-corrected chi connectivity index (χ3v) is 4.73. The zero-order chi connectivity index (χ0) is 18.4. The molecule has 1 aliphatic heterocycles. The molecule has 1 saturated heterocycles. The van der Waals surface area contributed by atoms with Gasteiger partial charge in [0.1, 0.15) is 5.75 Å². The van der Waals surface area contributed by atoms with Gasteiger partial charge in [-0.1, -0.05) is 41.4 Å². The number of carbonyl (C=O) groups is 1. The first kappa shape index (κ1) is 19.0. The van der Waals surface area contributed by atoms with Crippen LogP contribution in [0.15, 0.2) is 48.5 Å². The summed E-state index contributed by atoms with van der Waals surface area (Å²) in [5.74, 6) is 0.491. The molecule has 2 aromatic rings. The maximum absolute atomic E-state index is 12.7. The molecule has 0 spiro atoms. The minimum absolute atomic E-state index is 0.0410. The van der Waals surface area contributed by atoms with Crippen molar-refractivity contribution in [2.24, 2.45) is 0 Å². The maximum atomic E-state index is 12.7. The molecule has 26 heavy (non-hydrogen) atoms. The Hall–Kier alpha value is -1.75. The van der Waals surface area contributed by atoms with Crippen LogP contribution in [0.25, 0.3) is 0 Å². The standard InChI is InChI=1S/C20H21Cl2NO3/c21-16-8-6-15(7-9-16)12-23(13-19-5-2-10-25-19)20(24)14-26-18-4-1-3-17(22)11-18/h1,3-4,6-9,11,19H,2,5,10,12-14H2/t19-/m1/s1. The molecule has 0 aliphatic carbocycles. The molecular weight excluding hydrogens is 373 g/mol. The quantitative estimate of drug-likeness (QED) is 0.690. The highest BCUT2D eigenvalue weighted by atomic mass is 35.5. The average molecular weight is 394 g/mol. The van der Waals surface area contributed by atoms with E-state index in [4.69, 9.17) is 32.7 Å². The van der Waals surface area contributed by atoms with Gasteiger partial charge in [-0.05, 0) is 48.7 Å². The summed E-state index contributed by atoms with van der Waals surface area (Å²) in [5.41, 5.74) is 1.02.